The number of carboxylic acid groups (broad SMARTS) is 1. The van der Waals surface area contributed by atoms with Gasteiger partial charge in [-0.2, -0.15) is 5.10 Å². The highest BCUT2D eigenvalue weighted by Gasteiger charge is 2.11. The van der Waals surface area contributed by atoms with E-state index in [1.807, 2.05) is 0 Å². The molecule has 10 heteroatoms. The molecule has 1 aromatic carbocycles. The molecule has 2 aromatic rings. The summed E-state index contributed by atoms with van der Waals surface area (Å²) in [7, 11) is 0. The molecule has 0 atom stereocenters. The number of nitrogens with zero attached hydrogens (tertiary/aromatic N) is 2. The summed E-state index contributed by atoms with van der Waals surface area (Å²) in [6.07, 6.45) is 0. The Balaban J connectivity index is 2.03. The predicted molar refractivity (Wildman–Crippen MR) is 87.5 cm³/mol. The predicted octanol–water partition coefficient (Wildman–Crippen LogP) is -0.634. The van der Waals surface area contributed by atoms with Crippen LogP contribution >= 0.6 is 0 Å². The zero-order chi connectivity index (χ0) is 19.1. The Morgan fingerprint density at radius 3 is 2.42 bits per heavy atom. The molecule has 26 heavy (non-hydrogen) atoms. The Labute approximate surface area is 146 Å². The molecule has 9 nitrogen and oxygen atoms in total. The van der Waals surface area contributed by atoms with Crippen LogP contribution < -0.4 is 16.2 Å². The zero-order valence-corrected chi connectivity index (χ0v) is 13.4. The molecule has 0 fully saturated rings. The minimum Gasteiger partial charge on any atom is -0.480 e. The summed E-state index contributed by atoms with van der Waals surface area (Å²) < 4.78 is 14.7. The lowest BCUT2D eigenvalue weighted by molar-refractivity contribution is -0.137. The Morgan fingerprint density at radius 1 is 1.04 bits per heavy atom. The molecular formula is C16H15FN4O5. The monoisotopic (exact) mass is 362 g/mol. The fraction of sp³-hybridized carbons (Fsp3) is 0.188. The van der Waals surface area contributed by atoms with Gasteiger partial charge in [-0.1, -0.05) is 12.1 Å². The molecule has 0 saturated carbocycles. The van der Waals surface area contributed by atoms with Gasteiger partial charge in [0, 0.05) is 11.6 Å². The lowest BCUT2D eigenvalue weighted by Crippen LogP contribution is -2.41. The van der Waals surface area contributed by atoms with Crippen molar-refractivity contribution in [3.05, 3.63) is 52.6 Å². The average Bonchev–Trinajstić information content (AvgIpc) is 2.60. The van der Waals surface area contributed by atoms with Gasteiger partial charge in [-0.05, 0) is 18.2 Å². The summed E-state index contributed by atoms with van der Waals surface area (Å²) in [6, 6.07) is 8.35. The molecule has 0 radical (unpaired) electrons. The first-order valence-corrected chi connectivity index (χ1v) is 7.45. The summed E-state index contributed by atoms with van der Waals surface area (Å²) in [5, 5.41) is 16.7. The lowest BCUT2D eigenvalue weighted by Gasteiger charge is -2.08. The maximum Gasteiger partial charge on any atom is 0.322 e. The highest BCUT2D eigenvalue weighted by Crippen LogP contribution is 2.18. The van der Waals surface area contributed by atoms with E-state index in [9.17, 15) is 23.6 Å². The van der Waals surface area contributed by atoms with Gasteiger partial charge >= 0.3 is 5.97 Å². The van der Waals surface area contributed by atoms with Crippen molar-refractivity contribution < 1.29 is 23.9 Å². The van der Waals surface area contributed by atoms with Crippen LogP contribution in [0.4, 0.5) is 4.39 Å². The molecule has 0 saturated heterocycles. The van der Waals surface area contributed by atoms with Crippen LogP contribution in [0.3, 0.4) is 0 Å². The zero-order valence-electron chi connectivity index (χ0n) is 13.4. The fourth-order valence-corrected chi connectivity index (χ4v) is 1.98. The second-order valence-electron chi connectivity index (χ2n) is 5.14. The van der Waals surface area contributed by atoms with Gasteiger partial charge in [0.1, 0.15) is 18.9 Å². The van der Waals surface area contributed by atoms with Gasteiger partial charge in [0.15, 0.2) is 0 Å². The van der Waals surface area contributed by atoms with E-state index >= 15 is 0 Å². The normalized spacial score (nSPS) is 10.2. The average molecular weight is 362 g/mol. The molecule has 136 valence electrons. The maximum atomic E-state index is 13.8. The number of nitrogens with one attached hydrogen (secondary N) is 2. The van der Waals surface area contributed by atoms with E-state index in [4.69, 9.17) is 5.11 Å². The van der Waals surface area contributed by atoms with Crippen molar-refractivity contribution in [3.63, 3.8) is 0 Å². The molecule has 0 unspecified atom stereocenters. The number of carbonyl (C=O) groups excluding carboxylic acids is 2. The molecular weight excluding hydrogens is 347 g/mol. The molecule has 3 N–H and O–H groups in total. The summed E-state index contributed by atoms with van der Waals surface area (Å²) >= 11 is 0. The van der Waals surface area contributed by atoms with Crippen molar-refractivity contribution in [3.8, 4) is 11.3 Å². The molecule has 0 aliphatic rings. The number of amides is 2. The van der Waals surface area contributed by atoms with E-state index in [0.29, 0.717) is 0 Å². The van der Waals surface area contributed by atoms with Gasteiger partial charge in [-0.3, -0.25) is 19.2 Å². The van der Waals surface area contributed by atoms with Crippen molar-refractivity contribution in [1.29, 1.82) is 0 Å². The molecule has 1 heterocycles. The summed E-state index contributed by atoms with van der Waals surface area (Å²) in [6.45, 7) is -1.50. The number of aromatic nitrogens is 2. The fourth-order valence-electron chi connectivity index (χ4n) is 1.98. The van der Waals surface area contributed by atoms with Gasteiger partial charge in [0.05, 0.1) is 12.2 Å². The third kappa shape index (κ3) is 5.23. The van der Waals surface area contributed by atoms with Crippen LogP contribution in [0.5, 0.6) is 0 Å². The maximum absolute atomic E-state index is 13.8. The minimum absolute atomic E-state index is 0.176. The van der Waals surface area contributed by atoms with Gasteiger partial charge in [0.2, 0.25) is 11.8 Å². The topological polar surface area (TPSA) is 130 Å². The largest absolute Gasteiger partial charge is 0.480 e. The number of halogens is 1. The van der Waals surface area contributed by atoms with Crippen molar-refractivity contribution in [2.24, 2.45) is 0 Å². The molecule has 0 aliphatic carbocycles. The Morgan fingerprint density at radius 2 is 1.73 bits per heavy atom. The third-order valence-electron chi connectivity index (χ3n) is 3.19. The first-order valence-electron chi connectivity index (χ1n) is 7.45. The Bertz CT molecular complexity index is 896. The van der Waals surface area contributed by atoms with E-state index in [1.54, 1.807) is 6.07 Å². The first kappa shape index (κ1) is 18.8. The SMILES string of the molecule is O=C(O)CNC(=O)CNC(=O)Cn1nc(-c2ccccc2F)ccc1=O. The molecule has 2 amide bonds. The Kier molecular flexibility index (Phi) is 6.15. The van der Waals surface area contributed by atoms with Gasteiger partial charge < -0.3 is 15.7 Å². The van der Waals surface area contributed by atoms with Crippen molar-refractivity contribution in [1.82, 2.24) is 20.4 Å². The third-order valence-corrected chi connectivity index (χ3v) is 3.19. The second-order valence-corrected chi connectivity index (χ2v) is 5.14. The molecule has 0 spiro atoms. The quantitative estimate of drug-likeness (QED) is 0.601. The van der Waals surface area contributed by atoms with E-state index in [0.717, 1.165) is 10.7 Å². The van der Waals surface area contributed by atoms with Crippen molar-refractivity contribution >= 4 is 17.8 Å². The highest BCUT2D eigenvalue weighted by molar-refractivity contribution is 5.86. The van der Waals surface area contributed by atoms with E-state index in [2.05, 4.69) is 15.7 Å². The Hall–Kier alpha value is -3.56. The van der Waals surface area contributed by atoms with E-state index < -0.39 is 48.8 Å². The lowest BCUT2D eigenvalue weighted by atomic mass is 10.1. The smallest absolute Gasteiger partial charge is 0.322 e. The van der Waals surface area contributed by atoms with Crippen LogP contribution in [0, 0.1) is 5.82 Å². The number of carbonyl (C=O) groups is 3. The number of aliphatic carboxylic acids is 1. The van der Waals surface area contributed by atoms with E-state index in [-0.39, 0.29) is 11.3 Å². The van der Waals surface area contributed by atoms with E-state index in [1.165, 1.54) is 24.3 Å². The van der Waals surface area contributed by atoms with Gasteiger partial charge in [-0.25, -0.2) is 9.07 Å². The van der Waals surface area contributed by atoms with Crippen LogP contribution in [-0.2, 0) is 20.9 Å². The molecule has 2 rings (SSSR count). The second kappa shape index (κ2) is 8.51. The summed E-state index contributed by atoms with van der Waals surface area (Å²) in [5.74, 6) is -3.12. The number of benzene rings is 1. The van der Waals surface area contributed by atoms with Gasteiger partial charge in [-0.15, -0.1) is 0 Å². The number of rotatable bonds is 7. The number of carboxylic acids is 1. The summed E-state index contributed by atoms with van der Waals surface area (Å²) in [5.41, 5.74) is -0.222. The van der Waals surface area contributed by atoms with Crippen molar-refractivity contribution in [2.75, 3.05) is 13.1 Å². The first-order chi connectivity index (χ1) is 12.4. The van der Waals surface area contributed by atoms with Crippen LogP contribution in [0.15, 0.2) is 41.2 Å². The van der Waals surface area contributed by atoms with Crippen LogP contribution in [0.25, 0.3) is 11.3 Å². The minimum atomic E-state index is -1.22. The summed E-state index contributed by atoms with van der Waals surface area (Å²) in [4.78, 5) is 45.3. The molecule has 1 aromatic heterocycles. The van der Waals surface area contributed by atoms with Crippen LogP contribution in [0.2, 0.25) is 0 Å². The molecule has 0 aliphatic heterocycles. The standard InChI is InChI=1S/C16H15FN4O5/c17-11-4-2-1-3-10(11)12-5-6-15(24)21(20-12)9-14(23)18-7-13(22)19-8-16(25)26/h1-6H,7-9H2,(H,18,23)(H,19,22)(H,25,26). The van der Waals surface area contributed by atoms with Crippen LogP contribution in [-0.4, -0.2) is 45.8 Å². The van der Waals surface area contributed by atoms with Crippen LogP contribution in [0.1, 0.15) is 0 Å². The van der Waals surface area contributed by atoms with Gasteiger partial charge in [0.25, 0.3) is 5.56 Å². The highest BCUT2D eigenvalue weighted by atomic mass is 19.1. The number of hydrogen-bond donors (Lipinski definition) is 3. The molecule has 0 bridgehead atoms. The number of hydrogen-bond acceptors (Lipinski definition) is 5. The van der Waals surface area contributed by atoms with Crippen molar-refractivity contribution in [2.45, 2.75) is 6.54 Å².